The van der Waals surface area contributed by atoms with Crippen LogP contribution in [0.5, 0.6) is 17.2 Å². The first-order valence-electron chi connectivity index (χ1n) is 5.93. The molecule has 0 atom stereocenters. The van der Waals surface area contributed by atoms with Crippen molar-refractivity contribution in [2.75, 3.05) is 20.3 Å². The average molecular weight is 279 g/mol. The molecule has 0 unspecified atom stereocenters. The van der Waals surface area contributed by atoms with E-state index in [1.807, 2.05) is 36.4 Å². The number of rotatable bonds is 6. The molecule has 0 radical (unpaired) electrons. The number of ether oxygens (including phenoxy) is 3. The first-order chi connectivity index (χ1) is 9.28. The largest absolute Gasteiger partial charge is 0.497 e. The summed E-state index contributed by atoms with van der Waals surface area (Å²) in [5.74, 6) is 2.38. The minimum absolute atomic E-state index is 0.480. The van der Waals surface area contributed by atoms with Crippen molar-refractivity contribution in [1.29, 1.82) is 0 Å². The van der Waals surface area contributed by atoms with Gasteiger partial charge >= 0.3 is 0 Å². The topological polar surface area (TPSA) is 27.7 Å². The maximum absolute atomic E-state index is 5.79. The molecular formula is C15H15ClO3. The zero-order valence-corrected chi connectivity index (χ0v) is 11.4. The summed E-state index contributed by atoms with van der Waals surface area (Å²) in [5, 5.41) is 0.696. The van der Waals surface area contributed by atoms with Crippen molar-refractivity contribution in [1.82, 2.24) is 0 Å². The fourth-order valence-corrected chi connectivity index (χ4v) is 1.65. The quantitative estimate of drug-likeness (QED) is 0.752. The van der Waals surface area contributed by atoms with Gasteiger partial charge in [0.05, 0.1) is 7.11 Å². The van der Waals surface area contributed by atoms with Crippen LogP contribution in [-0.2, 0) is 0 Å². The van der Waals surface area contributed by atoms with Crippen LogP contribution < -0.4 is 14.2 Å². The molecule has 3 nitrogen and oxygen atoms in total. The van der Waals surface area contributed by atoms with E-state index in [9.17, 15) is 0 Å². The summed E-state index contributed by atoms with van der Waals surface area (Å²) in [5.41, 5.74) is 0. The second-order valence-corrected chi connectivity index (χ2v) is 4.26. The lowest BCUT2D eigenvalue weighted by molar-refractivity contribution is 0.217. The summed E-state index contributed by atoms with van der Waals surface area (Å²) in [6.45, 7) is 0.961. The molecule has 19 heavy (non-hydrogen) atoms. The lowest BCUT2D eigenvalue weighted by Crippen LogP contribution is -2.08. The Morgan fingerprint density at radius 2 is 1.16 bits per heavy atom. The van der Waals surface area contributed by atoms with E-state index >= 15 is 0 Å². The summed E-state index contributed by atoms with van der Waals surface area (Å²) < 4.78 is 16.1. The van der Waals surface area contributed by atoms with Gasteiger partial charge in [0.2, 0.25) is 0 Å². The first kappa shape index (κ1) is 13.6. The summed E-state index contributed by atoms with van der Waals surface area (Å²) in [7, 11) is 1.63. The van der Waals surface area contributed by atoms with E-state index in [1.54, 1.807) is 19.2 Å². The highest BCUT2D eigenvalue weighted by Gasteiger charge is 1.97. The molecule has 0 aromatic heterocycles. The maximum Gasteiger partial charge on any atom is 0.122 e. The molecule has 0 aliphatic heterocycles. The number of methoxy groups -OCH3 is 1. The first-order valence-corrected chi connectivity index (χ1v) is 6.31. The van der Waals surface area contributed by atoms with Crippen LogP contribution in [0.3, 0.4) is 0 Å². The SMILES string of the molecule is COc1ccc(OCCOc2ccc(Cl)cc2)cc1. The molecule has 0 heterocycles. The molecule has 2 rings (SSSR count). The van der Waals surface area contributed by atoms with Gasteiger partial charge in [0, 0.05) is 5.02 Å². The lowest BCUT2D eigenvalue weighted by atomic mass is 10.3. The third-order valence-corrected chi connectivity index (χ3v) is 2.75. The Labute approximate surface area is 117 Å². The smallest absolute Gasteiger partial charge is 0.122 e. The van der Waals surface area contributed by atoms with E-state index < -0.39 is 0 Å². The molecule has 0 N–H and O–H groups in total. The number of hydrogen-bond donors (Lipinski definition) is 0. The molecule has 2 aromatic carbocycles. The van der Waals surface area contributed by atoms with Crippen molar-refractivity contribution in [2.45, 2.75) is 0 Å². The molecule has 0 fully saturated rings. The normalized spacial score (nSPS) is 10.0. The van der Waals surface area contributed by atoms with Crippen LogP contribution in [0.1, 0.15) is 0 Å². The zero-order valence-electron chi connectivity index (χ0n) is 10.6. The summed E-state index contributed by atoms with van der Waals surface area (Å²) >= 11 is 5.79. The molecule has 0 amide bonds. The van der Waals surface area contributed by atoms with Crippen LogP contribution in [0.25, 0.3) is 0 Å². The predicted molar refractivity (Wildman–Crippen MR) is 75.4 cm³/mol. The molecule has 0 saturated heterocycles. The van der Waals surface area contributed by atoms with E-state index in [0.29, 0.717) is 18.2 Å². The standard InChI is InChI=1S/C15H15ClO3/c1-17-13-6-8-15(9-7-13)19-11-10-18-14-4-2-12(16)3-5-14/h2-9H,10-11H2,1H3. The predicted octanol–water partition coefficient (Wildman–Crippen LogP) is 3.81. The van der Waals surface area contributed by atoms with Gasteiger partial charge in [-0.1, -0.05) is 11.6 Å². The van der Waals surface area contributed by atoms with Crippen LogP contribution in [0, 0.1) is 0 Å². The average Bonchev–Trinajstić information content (AvgIpc) is 2.46. The van der Waals surface area contributed by atoms with Gasteiger partial charge in [-0.3, -0.25) is 0 Å². The van der Waals surface area contributed by atoms with Crippen molar-refractivity contribution < 1.29 is 14.2 Å². The van der Waals surface area contributed by atoms with Crippen LogP contribution in [0.15, 0.2) is 48.5 Å². The van der Waals surface area contributed by atoms with Gasteiger partial charge < -0.3 is 14.2 Å². The Bertz CT molecular complexity index is 494. The van der Waals surface area contributed by atoms with Gasteiger partial charge in [-0.2, -0.15) is 0 Å². The van der Waals surface area contributed by atoms with Crippen LogP contribution >= 0.6 is 11.6 Å². The molecule has 0 saturated carbocycles. The highest BCUT2D eigenvalue weighted by molar-refractivity contribution is 6.30. The maximum atomic E-state index is 5.79. The van der Waals surface area contributed by atoms with Gasteiger partial charge in [-0.25, -0.2) is 0 Å². The Morgan fingerprint density at radius 3 is 1.63 bits per heavy atom. The fourth-order valence-electron chi connectivity index (χ4n) is 1.52. The molecule has 0 aliphatic rings. The monoisotopic (exact) mass is 278 g/mol. The summed E-state index contributed by atoms with van der Waals surface area (Å²) in [4.78, 5) is 0. The second kappa shape index (κ2) is 6.90. The highest BCUT2D eigenvalue weighted by atomic mass is 35.5. The molecule has 0 spiro atoms. The zero-order chi connectivity index (χ0) is 13.5. The van der Waals surface area contributed by atoms with E-state index in [4.69, 9.17) is 25.8 Å². The van der Waals surface area contributed by atoms with Crippen LogP contribution in [0.2, 0.25) is 5.02 Å². The molecule has 100 valence electrons. The van der Waals surface area contributed by atoms with Crippen molar-refractivity contribution in [3.8, 4) is 17.2 Å². The van der Waals surface area contributed by atoms with Crippen molar-refractivity contribution in [3.63, 3.8) is 0 Å². The Hall–Kier alpha value is -1.87. The van der Waals surface area contributed by atoms with Gasteiger partial charge in [0.15, 0.2) is 0 Å². The van der Waals surface area contributed by atoms with Crippen molar-refractivity contribution in [3.05, 3.63) is 53.6 Å². The van der Waals surface area contributed by atoms with Gasteiger partial charge in [-0.15, -0.1) is 0 Å². The second-order valence-electron chi connectivity index (χ2n) is 3.83. The third kappa shape index (κ3) is 4.38. The number of hydrogen-bond acceptors (Lipinski definition) is 3. The van der Waals surface area contributed by atoms with E-state index in [1.165, 1.54) is 0 Å². The molecule has 2 aromatic rings. The Balaban J connectivity index is 1.72. The molecular weight excluding hydrogens is 264 g/mol. The van der Waals surface area contributed by atoms with Gasteiger partial charge in [0.25, 0.3) is 0 Å². The molecule has 0 bridgehead atoms. The number of benzene rings is 2. The van der Waals surface area contributed by atoms with Gasteiger partial charge in [0.1, 0.15) is 30.5 Å². The van der Waals surface area contributed by atoms with Crippen LogP contribution in [0.4, 0.5) is 0 Å². The summed E-state index contributed by atoms with van der Waals surface area (Å²) in [6.07, 6.45) is 0. The minimum Gasteiger partial charge on any atom is -0.497 e. The van der Waals surface area contributed by atoms with E-state index in [-0.39, 0.29) is 0 Å². The minimum atomic E-state index is 0.480. The van der Waals surface area contributed by atoms with E-state index in [2.05, 4.69) is 0 Å². The molecule has 0 aliphatic carbocycles. The summed E-state index contributed by atoms with van der Waals surface area (Å²) in [6, 6.07) is 14.7. The van der Waals surface area contributed by atoms with Gasteiger partial charge in [-0.05, 0) is 48.5 Å². The Morgan fingerprint density at radius 1 is 0.737 bits per heavy atom. The van der Waals surface area contributed by atoms with Crippen LogP contribution in [-0.4, -0.2) is 20.3 Å². The number of halogens is 1. The van der Waals surface area contributed by atoms with E-state index in [0.717, 1.165) is 17.2 Å². The fraction of sp³-hybridized carbons (Fsp3) is 0.200. The highest BCUT2D eigenvalue weighted by Crippen LogP contribution is 2.17. The van der Waals surface area contributed by atoms with Crippen molar-refractivity contribution >= 4 is 11.6 Å². The molecule has 4 heteroatoms. The lowest BCUT2D eigenvalue weighted by Gasteiger charge is -2.08. The Kier molecular flexibility index (Phi) is 4.93. The van der Waals surface area contributed by atoms with Crippen molar-refractivity contribution in [2.24, 2.45) is 0 Å². The third-order valence-electron chi connectivity index (χ3n) is 2.49.